The van der Waals surface area contributed by atoms with E-state index in [9.17, 15) is 10.2 Å². The van der Waals surface area contributed by atoms with Crippen LogP contribution in [-0.4, -0.2) is 15.5 Å². The standard InChI is InChI=1S/C16H21BrO2/c1-12(4-3-5-13(2)11-17)6-7-14-10-15(18)8-9-16(14)19/h5-6,8-10,18-19H,3-4,7,11H2,1-2H3. The zero-order valence-corrected chi connectivity index (χ0v) is 13.1. The van der Waals surface area contributed by atoms with Gasteiger partial charge in [-0.25, -0.2) is 0 Å². The van der Waals surface area contributed by atoms with Gasteiger partial charge in [-0.2, -0.15) is 0 Å². The predicted molar refractivity (Wildman–Crippen MR) is 84.0 cm³/mol. The summed E-state index contributed by atoms with van der Waals surface area (Å²) in [5.41, 5.74) is 3.39. The highest BCUT2D eigenvalue weighted by molar-refractivity contribution is 9.09. The largest absolute Gasteiger partial charge is 0.508 e. The van der Waals surface area contributed by atoms with Crippen molar-refractivity contribution in [2.24, 2.45) is 0 Å². The lowest BCUT2D eigenvalue weighted by Crippen LogP contribution is -1.85. The minimum Gasteiger partial charge on any atom is -0.508 e. The van der Waals surface area contributed by atoms with E-state index in [0.29, 0.717) is 6.42 Å². The molecule has 0 amide bonds. The van der Waals surface area contributed by atoms with Crippen LogP contribution in [0.15, 0.2) is 41.5 Å². The van der Waals surface area contributed by atoms with Crippen LogP contribution < -0.4 is 0 Å². The Morgan fingerprint density at radius 2 is 1.89 bits per heavy atom. The van der Waals surface area contributed by atoms with Crippen molar-refractivity contribution >= 4 is 15.9 Å². The molecule has 0 radical (unpaired) electrons. The average molecular weight is 325 g/mol. The molecule has 0 saturated heterocycles. The van der Waals surface area contributed by atoms with E-state index in [2.05, 4.69) is 41.9 Å². The van der Waals surface area contributed by atoms with Gasteiger partial charge >= 0.3 is 0 Å². The highest BCUT2D eigenvalue weighted by atomic mass is 79.9. The number of phenols is 2. The van der Waals surface area contributed by atoms with Crippen molar-refractivity contribution < 1.29 is 10.2 Å². The van der Waals surface area contributed by atoms with Crippen molar-refractivity contribution in [1.29, 1.82) is 0 Å². The SMILES string of the molecule is CC(=CCCC(C)=CCc1cc(O)ccc1O)CBr. The second kappa shape index (κ2) is 8.05. The number of aromatic hydroxyl groups is 2. The smallest absolute Gasteiger partial charge is 0.119 e. The quantitative estimate of drug-likeness (QED) is 0.452. The summed E-state index contributed by atoms with van der Waals surface area (Å²) in [5, 5.41) is 20.0. The topological polar surface area (TPSA) is 40.5 Å². The monoisotopic (exact) mass is 324 g/mol. The molecule has 0 heterocycles. The van der Waals surface area contributed by atoms with E-state index in [1.54, 1.807) is 6.07 Å². The molecule has 104 valence electrons. The summed E-state index contributed by atoms with van der Waals surface area (Å²) in [4.78, 5) is 0. The minimum atomic E-state index is 0.190. The Morgan fingerprint density at radius 3 is 2.58 bits per heavy atom. The number of phenolic OH excluding ortho intramolecular Hbond substituents is 2. The molecule has 0 aromatic heterocycles. The summed E-state index contributed by atoms with van der Waals surface area (Å²) >= 11 is 3.42. The molecule has 1 aromatic carbocycles. The Balaban J connectivity index is 2.53. The maximum absolute atomic E-state index is 9.67. The molecule has 1 rings (SSSR count). The Bertz CT molecular complexity index is 476. The summed E-state index contributed by atoms with van der Waals surface area (Å²) < 4.78 is 0. The average Bonchev–Trinajstić information content (AvgIpc) is 2.39. The summed E-state index contributed by atoms with van der Waals surface area (Å²) in [7, 11) is 0. The lowest BCUT2D eigenvalue weighted by molar-refractivity contribution is 0.455. The second-order valence-electron chi connectivity index (χ2n) is 4.79. The minimum absolute atomic E-state index is 0.190. The predicted octanol–water partition coefficient (Wildman–Crippen LogP) is 4.71. The fourth-order valence-electron chi connectivity index (χ4n) is 1.72. The highest BCUT2D eigenvalue weighted by Gasteiger charge is 2.01. The Hall–Kier alpha value is -1.22. The van der Waals surface area contributed by atoms with E-state index < -0.39 is 0 Å². The molecule has 2 N–H and O–H groups in total. The lowest BCUT2D eigenvalue weighted by atomic mass is 10.1. The highest BCUT2D eigenvalue weighted by Crippen LogP contribution is 2.23. The third-order valence-electron chi connectivity index (χ3n) is 2.98. The van der Waals surface area contributed by atoms with Gasteiger partial charge in [-0.1, -0.05) is 39.2 Å². The first-order valence-corrected chi connectivity index (χ1v) is 7.53. The van der Waals surface area contributed by atoms with Gasteiger partial charge in [-0.3, -0.25) is 0 Å². The van der Waals surface area contributed by atoms with Crippen molar-refractivity contribution in [3.8, 4) is 11.5 Å². The molecule has 3 heteroatoms. The number of hydrogen-bond donors (Lipinski definition) is 2. The normalized spacial score (nSPS) is 12.8. The Morgan fingerprint density at radius 1 is 1.16 bits per heavy atom. The molecule has 0 spiro atoms. The first kappa shape index (κ1) is 15.8. The molecular weight excluding hydrogens is 304 g/mol. The summed E-state index contributed by atoms with van der Waals surface area (Å²) in [5.74, 6) is 0.423. The van der Waals surface area contributed by atoms with Crippen LogP contribution in [-0.2, 0) is 6.42 Å². The number of halogens is 1. The van der Waals surface area contributed by atoms with Crippen molar-refractivity contribution in [2.75, 3.05) is 5.33 Å². The molecule has 1 aromatic rings. The summed E-state index contributed by atoms with van der Waals surface area (Å²) in [6, 6.07) is 4.62. The van der Waals surface area contributed by atoms with E-state index >= 15 is 0 Å². The number of alkyl halides is 1. The van der Waals surface area contributed by atoms with E-state index in [1.807, 2.05) is 0 Å². The van der Waals surface area contributed by atoms with Crippen LogP contribution in [0.1, 0.15) is 32.3 Å². The first-order valence-electron chi connectivity index (χ1n) is 6.41. The Labute approximate surface area is 123 Å². The van der Waals surface area contributed by atoms with Crippen molar-refractivity contribution in [2.45, 2.75) is 33.1 Å². The van der Waals surface area contributed by atoms with Gasteiger partial charge in [-0.15, -0.1) is 0 Å². The molecular formula is C16H21BrO2. The van der Waals surface area contributed by atoms with E-state index in [1.165, 1.54) is 23.3 Å². The zero-order valence-electron chi connectivity index (χ0n) is 11.5. The zero-order chi connectivity index (χ0) is 14.3. The van der Waals surface area contributed by atoms with E-state index in [0.717, 1.165) is 23.7 Å². The fraction of sp³-hybridized carbons (Fsp3) is 0.375. The molecule has 19 heavy (non-hydrogen) atoms. The molecule has 0 atom stereocenters. The van der Waals surface area contributed by atoms with Crippen LogP contribution in [0.25, 0.3) is 0 Å². The van der Waals surface area contributed by atoms with Gasteiger partial charge in [0.05, 0.1) is 0 Å². The second-order valence-corrected chi connectivity index (χ2v) is 5.35. The summed E-state index contributed by atoms with van der Waals surface area (Å²) in [6.07, 6.45) is 7.03. The van der Waals surface area contributed by atoms with Crippen LogP contribution in [0.5, 0.6) is 11.5 Å². The van der Waals surface area contributed by atoms with Crippen molar-refractivity contribution in [1.82, 2.24) is 0 Å². The van der Waals surface area contributed by atoms with Gasteiger partial charge in [0.15, 0.2) is 0 Å². The molecule has 0 aliphatic carbocycles. The number of allylic oxidation sites excluding steroid dienone is 4. The van der Waals surface area contributed by atoms with Gasteiger partial charge in [0.1, 0.15) is 11.5 Å². The lowest BCUT2D eigenvalue weighted by Gasteiger charge is -2.04. The molecule has 0 fully saturated rings. The van der Waals surface area contributed by atoms with Crippen LogP contribution in [0, 0.1) is 0 Å². The molecule has 0 aliphatic rings. The molecule has 0 aliphatic heterocycles. The van der Waals surface area contributed by atoms with Gasteiger partial charge in [-0.05, 0) is 51.3 Å². The first-order chi connectivity index (χ1) is 9.02. The number of hydrogen-bond acceptors (Lipinski definition) is 2. The molecule has 2 nitrogen and oxygen atoms in total. The van der Waals surface area contributed by atoms with Gasteiger partial charge in [0.25, 0.3) is 0 Å². The van der Waals surface area contributed by atoms with Crippen molar-refractivity contribution in [3.63, 3.8) is 0 Å². The third-order valence-corrected chi connectivity index (χ3v) is 3.86. The number of rotatable bonds is 6. The van der Waals surface area contributed by atoms with Crippen molar-refractivity contribution in [3.05, 3.63) is 47.1 Å². The van der Waals surface area contributed by atoms with Gasteiger partial charge in [0, 0.05) is 10.9 Å². The maximum Gasteiger partial charge on any atom is 0.119 e. The van der Waals surface area contributed by atoms with Gasteiger partial charge in [0.2, 0.25) is 0 Å². The molecule has 0 unspecified atom stereocenters. The molecule has 0 saturated carbocycles. The van der Waals surface area contributed by atoms with Gasteiger partial charge < -0.3 is 10.2 Å². The van der Waals surface area contributed by atoms with Crippen LogP contribution in [0.3, 0.4) is 0 Å². The molecule has 0 bridgehead atoms. The third kappa shape index (κ3) is 5.97. The van der Waals surface area contributed by atoms with Crippen LogP contribution >= 0.6 is 15.9 Å². The van der Waals surface area contributed by atoms with Crippen LogP contribution in [0.2, 0.25) is 0 Å². The summed E-state index contributed by atoms with van der Waals surface area (Å²) in [6.45, 7) is 4.20. The van der Waals surface area contributed by atoms with E-state index in [-0.39, 0.29) is 11.5 Å². The Kier molecular flexibility index (Phi) is 6.71. The maximum atomic E-state index is 9.67. The fourth-order valence-corrected chi connectivity index (χ4v) is 1.95. The van der Waals surface area contributed by atoms with Crippen LogP contribution in [0.4, 0.5) is 0 Å². The number of benzene rings is 1. The van der Waals surface area contributed by atoms with E-state index in [4.69, 9.17) is 0 Å².